The van der Waals surface area contributed by atoms with E-state index < -0.39 is 0 Å². The molecule has 2 aromatic rings. The van der Waals surface area contributed by atoms with Crippen LogP contribution < -0.4 is 5.73 Å². The first-order valence-corrected chi connectivity index (χ1v) is 6.35. The summed E-state index contributed by atoms with van der Waals surface area (Å²) in [5.41, 5.74) is 7.73. The molecular weight excluding hydrogens is 254 g/mol. The summed E-state index contributed by atoms with van der Waals surface area (Å²) in [6, 6.07) is 6.96. The van der Waals surface area contributed by atoms with Crippen molar-refractivity contribution in [1.82, 2.24) is 0 Å². The molecular formula is C13H12ClNOS. The molecule has 17 heavy (non-hydrogen) atoms. The Kier molecular flexibility index (Phi) is 3.22. The summed E-state index contributed by atoms with van der Waals surface area (Å²) in [7, 11) is 0. The summed E-state index contributed by atoms with van der Waals surface area (Å²) in [5, 5.41) is 0.522. The smallest absolute Gasteiger partial charge is 0.205 e. The Morgan fingerprint density at radius 1 is 1.29 bits per heavy atom. The fourth-order valence-electron chi connectivity index (χ4n) is 1.71. The molecule has 2 rings (SSSR count). The molecule has 0 aliphatic heterocycles. The van der Waals surface area contributed by atoms with Gasteiger partial charge in [0.25, 0.3) is 0 Å². The lowest BCUT2D eigenvalue weighted by atomic mass is 10.1. The lowest BCUT2D eigenvalue weighted by Gasteiger charge is -2.04. The van der Waals surface area contributed by atoms with Crippen molar-refractivity contribution in [3.05, 3.63) is 50.2 Å². The van der Waals surface area contributed by atoms with Gasteiger partial charge in [0, 0.05) is 21.2 Å². The molecule has 0 bridgehead atoms. The number of anilines is 1. The van der Waals surface area contributed by atoms with Gasteiger partial charge in [-0.2, -0.15) is 0 Å². The molecule has 0 amide bonds. The number of hydrogen-bond donors (Lipinski definition) is 1. The first-order chi connectivity index (χ1) is 7.99. The van der Waals surface area contributed by atoms with Crippen LogP contribution >= 0.6 is 22.9 Å². The number of carbonyl (C=O) groups excluding carboxylic acids is 1. The number of halogens is 1. The zero-order valence-electron chi connectivity index (χ0n) is 9.58. The number of aryl methyl sites for hydroxylation is 2. The van der Waals surface area contributed by atoms with Crippen LogP contribution in [0.1, 0.15) is 25.7 Å². The minimum absolute atomic E-state index is 0.0550. The molecule has 4 heteroatoms. The van der Waals surface area contributed by atoms with Crippen molar-refractivity contribution < 1.29 is 4.79 Å². The second-order valence-electron chi connectivity index (χ2n) is 3.93. The SMILES string of the molecule is Cc1cc(C)c(C(=O)c2cc(Cl)ccc2N)s1. The Bertz CT molecular complexity index is 589. The van der Waals surface area contributed by atoms with E-state index in [-0.39, 0.29) is 5.78 Å². The first-order valence-electron chi connectivity index (χ1n) is 5.16. The fraction of sp³-hybridized carbons (Fsp3) is 0.154. The number of hydrogen-bond acceptors (Lipinski definition) is 3. The fourth-order valence-corrected chi connectivity index (χ4v) is 2.87. The van der Waals surface area contributed by atoms with Gasteiger partial charge in [-0.15, -0.1) is 11.3 Å². The predicted octanol–water partition coefficient (Wildman–Crippen LogP) is 3.83. The Morgan fingerprint density at radius 2 is 2.00 bits per heavy atom. The van der Waals surface area contributed by atoms with Gasteiger partial charge in [-0.25, -0.2) is 0 Å². The van der Waals surface area contributed by atoms with Crippen LogP contribution in [0.15, 0.2) is 24.3 Å². The number of ketones is 1. The molecule has 0 spiro atoms. The van der Waals surface area contributed by atoms with Gasteiger partial charge in [0.1, 0.15) is 0 Å². The average Bonchev–Trinajstić information content (AvgIpc) is 2.60. The highest BCUT2D eigenvalue weighted by Gasteiger charge is 2.17. The second-order valence-corrected chi connectivity index (χ2v) is 5.62. The maximum atomic E-state index is 12.3. The van der Waals surface area contributed by atoms with Crippen LogP contribution in [0.5, 0.6) is 0 Å². The standard InChI is InChI=1S/C13H12ClNOS/c1-7-5-8(2)17-13(7)12(16)10-6-9(14)3-4-11(10)15/h3-6H,15H2,1-2H3. The van der Waals surface area contributed by atoms with E-state index >= 15 is 0 Å². The molecule has 0 saturated carbocycles. The van der Waals surface area contributed by atoms with E-state index in [1.165, 1.54) is 11.3 Å². The molecule has 2 nitrogen and oxygen atoms in total. The number of carbonyl (C=O) groups is 1. The Hall–Kier alpha value is -1.32. The summed E-state index contributed by atoms with van der Waals surface area (Å²) in [6.45, 7) is 3.91. The molecule has 0 atom stereocenters. The van der Waals surface area contributed by atoms with Crippen molar-refractivity contribution in [2.24, 2.45) is 0 Å². The van der Waals surface area contributed by atoms with Crippen LogP contribution in [-0.2, 0) is 0 Å². The van der Waals surface area contributed by atoms with Crippen LogP contribution in [0.4, 0.5) is 5.69 Å². The van der Waals surface area contributed by atoms with Crippen LogP contribution in [0.2, 0.25) is 5.02 Å². The van der Waals surface area contributed by atoms with E-state index in [4.69, 9.17) is 17.3 Å². The van der Waals surface area contributed by atoms with Crippen LogP contribution in [0.3, 0.4) is 0 Å². The zero-order valence-corrected chi connectivity index (χ0v) is 11.2. The quantitative estimate of drug-likeness (QED) is 0.662. The third-order valence-electron chi connectivity index (χ3n) is 2.51. The minimum Gasteiger partial charge on any atom is -0.398 e. The topological polar surface area (TPSA) is 43.1 Å². The molecule has 0 fully saturated rings. The highest BCUT2D eigenvalue weighted by molar-refractivity contribution is 7.14. The number of thiophene rings is 1. The Balaban J connectivity index is 2.50. The number of nitrogens with two attached hydrogens (primary N) is 1. The maximum absolute atomic E-state index is 12.3. The largest absolute Gasteiger partial charge is 0.398 e. The molecule has 88 valence electrons. The maximum Gasteiger partial charge on any atom is 0.205 e. The molecule has 1 aromatic heterocycles. The van der Waals surface area contributed by atoms with Crippen molar-refractivity contribution in [2.75, 3.05) is 5.73 Å². The highest BCUT2D eigenvalue weighted by atomic mass is 35.5. The van der Waals surface area contributed by atoms with Crippen LogP contribution in [-0.4, -0.2) is 5.78 Å². The van der Waals surface area contributed by atoms with Gasteiger partial charge in [0.05, 0.1) is 4.88 Å². The zero-order chi connectivity index (χ0) is 12.6. The molecule has 0 unspecified atom stereocenters. The normalized spacial score (nSPS) is 10.5. The van der Waals surface area contributed by atoms with E-state index in [2.05, 4.69) is 0 Å². The van der Waals surface area contributed by atoms with E-state index in [0.717, 1.165) is 15.3 Å². The summed E-state index contributed by atoms with van der Waals surface area (Å²) in [4.78, 5) is 14.2. The first kappa shape index (κ1) is 12.1. The van der Waals surface area contributed by atoms with Crippen molar-refractivity contribution in [3.8, 4) is 0 Å². The number of benzene rings is 1. The molecule has 0 aliphatic carbocycles. The predicted molar refractivity (Wildman–Crippen MR) is 73.1 cm³/mol. The Labute approximate surface area is 109 Å². The van der Waals surface area contributed by atoms with Crippen molar-refractivity contribution in [2.45, 2.75) is 13.8 Å². The van der Waals surface area contributed by atoms with Gasteiger partial charge in [-0.3, -0.25) is 4.79 Å². The summed E-state index contributed by atoms with van der Waals surface area (Å²) in [6.07, 6.45) is 0. The van der Waals surface area contributed by atoms with E-state index in [1.54, 1.807) is 18.2 Å². The van der Waals surface area contributed by atoms with Crippen molar-refractivity contribution in [1.29, 1.82) is 0 Å². The van der Waals surface area contributed by atoms with Crippen LogP contribution in [0, 0.1) is 13.8 Å². The lowest BCUT2D eigenvalue weighted by Crippen LogP contribution is -2.04. The average molecular weight is 266 g/mol. The molecule has 1 heterocycles. The minimum atomic E-state index is -0.0550. The monoisotopic (exact) mass is 265 g/mol. The molecule has 0 radical (unpaired) electrons. The van der Waals surface area contributed by atoms with Gasteiger partial charge < -0.3 is 5.73 Å². The lowest BCUT2D eigenvalue weighted by molar-refractivity contribution is 0.104. The van der Waals surface area contributed by atoms with Gasteiger partial charge in [0.2, 0.25) is 5.78 Å². The molecule has 0 saturated heterocycles. The number of nitrogen functional groups attached to an aromatic ring is 1. The van der Waals surface area contributed by atoms with Crippen molar-refractivity contribution >= 4 is 34.4 Å². The van der Waals surface area contributed by atoms with Gasteiger partial charge in [-0.05, 0) is 43.7 Å². The van der Waals surface area contributed by atoms with Gasteiger partial charge in [-0.1, -0.05) is 11.6 Å². The third-order valence-corrected chi connectivity index (χ3v) is 3.89. The summed E-state index contributed by atoms with van der Waals surface area (Å²) in [5.74, 6) is -0.0550. The van der Waals surface area contributed by atoms with Crippen LogP contribution in [0.25, 0.3) is 0 Å². The van der Waals surface area contributed by atoms with E-state index in [9.17, 15) is 4.79 Å². The molecule has 1 aromatic carbocycles. The third kappa shape index (κ3) is 2.35. The number of rotatable bonds is 2. The summed E-state index contributed by atoms with van der Waals surface area (Å²) < 4.78 is 0. The van der Waals surface area contributed by atoms with E-state index in [0.29, 0.717) is 16.3 Å². The highest BCUT2D eigenvalue weighted by Crippen LogP contribution is 2.27. The van der Waals surface area contributed by atoms with Gasteiger partial charge in [0.15, 0.2) is 0 Å². The molecule has 2 N–H and O–H groups in total. The van der Waals surface area contributed by atoms with Gasteiger partial charge >= 0.3 is 0 Å². The second kappa shape index (κ2) is 4.51. The van der Waals surface area contributed by atoms with Crippen molar-refractivity contribution in [3.63, 3.8) is 0 Å². The summed E-state index contributed by atoms with van der Waals surface area (Å²) >= 11 is 7.37. The van der Waals surface area contributed by atoms with E-state index in [1.807, 2.05) is 19.9 Å². The molecule has 0 aliphatic rings. The Morgan fingerprint density at radius 3 is 2.59 bits per heavy atom.